The number of nitro groups is 1. The number of alkyl halides is 1. The van der Waals surface area contributed by atoms with E-state index in [2.05, 4.69) is 15.9 Å². The van der Waals surface area contributed by atoms with Gasteiger partial charge >= 0.3 is 0 Å². The molecule has 0 bridgehead atoms. The van der Waals surface area contributed by atoms with Crippen LogP contribution in [0.4, 0.5) is 5.69 Å². The maximum atomic E-state index is 10.7. The van der Waals surface area contributed by atoms with Gasteiger partial charge in [-0.05, 0) is 11.6 Å². The molecule has 0 N–H and O–H groups in total. The smallest absolute Gasteiger partial charge is 0.271 e. The third-order valence-corrected chi connectivity index (χ3v) is 4.10. The molecule has 2 aromatic rings. The van der Waals surface area contributed by atoms with Crippen LogP contribution in [0.1, 0.15) is 11.5 Å². The van der Waals surface area contributed by atoms with Crippen molar-refractivity contribution in [3.8, 4) is 5.75 Å². The Morgan fingerprint density at radius 2 is 1.95 bits per heavy atom. The lowest BCUT2D eigenvalue weighted by molar-refractivity contribution is -0.384. The molecule has 6 heteroatoms. The standard InChI is InChI=1S/C15H13BrClNO3/c16-9-12(11-4-2-1-3-5-11)10-21-15-7-6-13(18(19)20)8-14(15)17/h1-8,12H,9-10H2. The highest BCUT2D eigenvalue weighted by molar-refractivity contribution is 9.09. The number of rotatable bonds is 6. The van der Waals surface area contributed by atoms with Crippen molar-refractivity contribution in [3.05, 3.63) is 69.2 Å². The molecular weight excluding hydrogens is 358 g/mol. The molecule has 1 atom stereocenters. The summed E-state index contributed by atoms with van der Waals surface area (Å²) >= 11 is 9.48. The summed E-state index contributed by atoms with van der Waals surface area (Å²) in [6, 6.07) is 14.2. The van der Waals surface area contributed by atoms with Gasteiger partial charge in [-0.1, -0.05) is 57.9 Å². The van der Waals surface area contributed by atoms with Crippen LogP contribution in [0.5, 0.6) is 5.75 Å². The maximum Gasteiger partial charge on any atom is 0.271 e. The molecule has 0 aliphatic carbocycles. The largest absolute Gasteiger partial charge is 0.491 e. The van der Waals surface area contributed by atoms with Gasteiger partial charge in [0.05, 0.1) is 16.6 Å². The molecule has 4 nitrogen and oxygen atoms in total. The molecular formula is C15H13BrClNO3. The van der Waals surface area contributed by atoms with Gasteiger partial charge in [-0.15, -0.1) is 0 Å². The third kappa shape index (κ3) is 4.19. The molecule has 0 radical (unpaired) electrons. The van der Waals surface area contributed by atoms with Crippen LogP contribution in [-0.2, 0) is 0 Å². The minimum absolute atomic E-state index is 0.0487. The van der Waals surface area contributed by atoms with E-state index in [0.29, 0.717) is 12.4 Å². The van der Waals surface area contributed by atoms with Crippen molar-refractivity contribution in [2.24, 2.45) is 0 Å². The SMILES string of the molecule is O=[N+]([O-])c1ccc(OCC(CBr)c2ccccc2)c(Cl)c1. The lowest BCUT2D eigenvalue weighted by Crippen LogP contribution is -2.11. The van der Waals surface area contributed by atoms with Gasteiger partial charge < -0.3 is 4.74 Å². The minimum atomic E-state index is -0.485. The first-order valence-electron chi connectivity index (χ1n) is 6.29. The molecule has 0 saturated heterocycles. The molecule has 0 heterocycles. The van der Waals surface area contributed by atoms with Crippen molar-refractivity contribution in [2.75, 3.05) is 11.9 Å². The number of hydrogen-bond donors (Lipinski definition) is 0. The predicted molar refractivity (Wildman–Crippen MR) is 86.6 cm³/mol. The van der Waals surface area contributed by atoms with Crippen LogP contribution in [0.2, 0.25) is 5.02 Å². The van der Waals surface area contributed by atoms with Crippen molar-refractivity contribution in [3.63, 3.8) is 0 Å². The Kier molecular flexibility index (Phi) is 5.59. The summed E-state index contributed by atoms with van der Waals surface area (Å²) < 4.78 is 5.69. The van der Waals surface area contributed by atoms with Gasteiger partial charge in [0.25, 0.3) is 5.69 Å². The maximum absolute atomic E-state index is 10.7. The number of nitro benzene ring substituents is 1. The molecule has 0 saturated carbocycles. The summed E-state index contributed by atoms with van der Waals surface area (Å²) in [5, 5.41) is 11.7. The topological polar surface area (TPSA) is 52.4 Å². The highest BCUT2D eigenvalue weighted by atomic mass is 79.9. The molecule has 1 unspecified atom stereocenters. The van der Waals surface area contributed by atoms with E-state index in [1.165, 1.54) is 18.2 Å². The fraction of sp³-hybridized carbons (Fsp3) is 0.200. The quantitative estimate of drug-likeness (QED) is 0.417. The summed E-state index contributed by atoms with van der Waals surface area (Å²) in [5.41, 5.74) is 1.11. The van der Waals surface area contributed by atoms with Gasteiger partial charge in [-0.2, -0.15) is 0 Å². The van der Waals surface area contributed by atoms with Crippen molar-refractivity contribution in [1.82, 2.24) is 0 Å². The van der Waals surface area contributed by atoms with Gasteiger partial charge in [-0.3, -0.25) is 10.1 Å². The second kappa shape index (κ2) is 7.43. The highest BCUT2D eigenvalue weighted by Crippen LogP contribution is 2.30. The van der Waals surface area contributed by atoms with E-state index in [0.717, 1.165) is 10.9 Å². The van der Waals surface area contributed by atoms with Gasteiger partial charge in [0.2, 0.25) is 0 Å². The average Bonchev–Trinajstić information content (AvgIpc) is 2.50. The van der Waals surface area contributed by atoms with E-state index >= 15 is 0 Å². The summed E-state index contributed by atoms with van der Waals surface area (Å²) in [7, 11) is 0. The van der Waals surface area contributed by atoms with Crippen LogP contribution in [0.3, 0.4) is 0 Å². The Hall–Kier alpha value is -1.59. The Morgan fingerprint density at radius 3 is 2.52 bits per heavy atom. The van der Waals surface area contributed by atoms with Crippen LogP contribution < -0.4 is 4.74 Å². The second-order valence-electron chi connectivity index (χ2n) is 4.44. The molecule has 0 aliphatic rings. The van der Waals surface area contributed by atoms with Crippen LogP contribution in [-0.4, -0.2) is 16.9 Å². The Morgan fingerprint density at radius 1 is 1.24 bits per heavy atom. The van der Waals surface area contributed by atoms with Crippen LogP contribution in [0.15, 0.2) is 48.5 Å². The summed E-state index contributed by atoms with van der Waals surface area (Å²) in [4.78, 5) is 10.2. The predicted octanol–water partition coefficient (Wildman–Crippen LogP) is 4.81. The van der Waals surface area contributed by atoms with Crippen LogP contribution in [0.25, 0.3) is 0 Å². The number of benzene rings is 2. The van der Waals surface area contributed by atoms with Crippen molar-refractivity contribution in [1.29, 1.82) is 0 Å². The minimum Gasteiger partial charge on any atom is -0.491 e. The molecule has 0 aliphatic heterocycles. The number of hydrogen-bond acceptors (Lipinski definition) is 3. The van der Waals surface area contributed by atoms with E-state index in [4.69, 9.17) is 16.3 Å². The highest BCUT2D eigenvalue weighted by Gasteiger charge is 2.14. The zero-order valence-corrected chi connectivity index (χ0v) is 13.4. The van der Waals surface area contributed by atoms with Crippen molar-refractivity contribution < 1.29 is 9.66 Å². The zero-order valence-electron chi connectivity index (χ0n) is 11.0. The molecule has 2 rings (SSSR count). The summed E-state index contributed by atoms with van der Waals surface area (Å²) in [6.45, 7) is 0.437. The molecule has 0 fully saturated rings. The Bertz CT molecular complexity index is 622. The Labute approximate surface area is 136 Å². The van der Waals surface area contributed by atoms with E-state index in [1.54, 1.807) is 0 Å². The van der Waals surface area contributed by atoms with E-state index in [-0.39, 0.29) is 16.6 Å². The number of nitrogens with zero attached hydrogens (tertiary/aromatic N) is 1. The fourth-order valence-electron chi connectivity index (χ4n) is 1.87. The fourth-order valence-corrected chi connectivity index (χ4v) is 2.66. The lowest BCUT2D eigenvalue weighted by atomic mass is 10.0. The molecule has 0 amide bonds. The monoisotopic (exact) mass is 369 g/mol. The van der Waals surface area contributed by atoms with Gasteiger partial charge in [0, 0.05) is 23.4 Å². The first-order valence-corrected chi connectivity index (χ1v) is 7.79. The van der Waals surface area contributed by atoms with Gasteiger partial charge in [0.1, 0.15) is 5.75 Å². The van der Waals surface area contributed by atoms with Crippen LogP contribution >= 0.6 is 27.5 Å². The van der Waals surface area contributed by atoms with E-state index in [9.17, 15) is 10.1 Å². The average molecular weight is 371 g/mol. The number of halogens is 2. The molecule has 110 valence electrons. The first kappa shape index (κ1) is 15.8. The molecule has 2 aromatic carbocycles. The lowest BCUT2D eigenvalue weighted by Gasteiger charge is -2.16. The number of non-ortho nitro benzene ring substituents is 1. The summed E-state index contributed by atoms with van der Waals surface area (Å²) in [6.07, 6.45) is 0. The van der Waals surface area contributed by atoms with Gasteiger partial charge in [0.15, 0.2) is 0 Å². The molecule has 0 spiro atoms. The first-order chi connectivity index (χ1) is 10.1. The van der Waals surface area contributed by atoms with Crippen molar-refractivity contribution >= 4 is 33.2 Å². The molecule has 0 aromatic heterocycles. The van der Waals surface area contributed by atoms with Gasteiger partial charge in [-0.25, -0.2) is 0 Å². The zero-order chi connectivity index (χ0) is 15.2. The normalized spacial score (nSPS) is 11.9. The second-order valence-corrected chi connectivity index (χ2v) is 5.50. The van der Waals surface area contributed by atoms with Crippen molar-refractivity contribution in [2.45, 2.75) is 5.92 Å². The van der Waals surface area contributed by atoms with E-state index in [1.807, 2.05) is 30.3 Å². The number of ether oxygens (including phenoxy) is 1. The molecule has 21 heavy (non-hydrogen) atoms. The Balaban J connectivity index is 2.07. The third-order valence-electron chi connectivity index (χ3n) is 3.02. The summed E-state index contributed by atoms with van der Waals surface area (Å²) in [5.74, 6) is 0.626. The van der Waals surface area contributed by atoms with Crippen LogP contribution in [0, 0.1) is 10.1 Å². The van der Waals surface area contributed by atoms with E-state index < -0.39 is 4.92 Å².